The minimum absolute atomic E-state index is 0.0236. The van der Waals surface area contributed by atoms with Crippen LogP contribution in [0.3, 0.4) is 0 Å². The number of nitrogens with two attached hydrogens (primary N) is 1. The molecule has 0 aromatic heterocycles. The smallest absolute Gasteiger partial charge is 0.255 e. The van der Waals surface area contributed by atoms with Crippen molar-refractivity contribution in [3.63, 3.8) is 0 Å². The molecule has 0 radical (unpaired) electrons. The number of nitrogens with one attached hydrogen (secondary N) is 1. The summed E-state index contributed by atoms with van der Waals surface area (Å²) < 4.78 is 0. The van der Waals surface area contributed by atoms with Crippen LogP contribution in [0, 0.1) is 17.8 Å². The molecule has 7 N–H and O–H groups in total. The van der Waals surface area contributed by atoms with Crippen molar-refractivity contribution in [2.75, 3.05) is 39.6 Å². The first-order chi connectivity index (χ1) is 20.3. The predicted octanol–water partition coefficient (Wildman–Crippen LogP) is 2.25. The van der Waals surface area contributed by atoms with Gasteiger partial charge in [-0.05, 0) is 68.9 Å². The lowest BCUT2D eigenvalue weighted by atomic mass is 9.58. The summed E-state index contributed by atoms with van der Waals surface area (Å²) >= 11 is 0. The van der Waals surface area contributed by atoms with Gasteiger partial charge in [-0.15, -0.1) is 0 Å². The second kappa shape index (κ2) is 11.6. The number of aliphatic hydroxyl groups is 3. The van der Waals surface area contributed by atoms with E-state index in [0.29, 0.717) is 12.1 Å². The molecule has 1 fully saturated rings. The third-order valence-electron chi connectivity index (χ3n) is 9.99. The molecule has 0 spiro atoms. The number of amides is 1. The van der Waals surface area contributed by atoms with Crippen molar-refractivity contribution in [3.8, 4) is 5.75 Å². The lowest BCUT2D eigenvalue weighted by Gasteiger charge is -2.50. The van der Waals surface area contributed by atoms with Crippen LogP contribution in [0.2, 0.25) is 0 Å². The molecule has 4 aliphatic carbocycles. The number of carbonyl (C=O) groups excluding carboxylic acids is 3. The van der Waals surface area contributed by atoms with Gasteiger partial charge in [0.1, 0.15) is 22.8 Å². The van der Waals surface area contributed by atoms with Crippen LogP contribution in [0.4, 0.5) is 5.69 Å². The molecule has 0 unspecified atom stereocenters. The van der Waals surface area contributed by atoms with Gasteiger partial charge < -0.3 is 36.4 Å². The number of aliphatic hydroxyl groups excluding tert-OH is 2. The Labute approximate surface area is 252 Å². The van der Waals surface area contributed by atoms with Crippen LogP contribution in [-0.2, 0) is 22.6 Å². The summed E-state index contributed by atoms with van der Waals surface area (Å²) in [5.74, 6) is -5.77. The molecule has 1 amide bonds. The van der Waals surface area contributed by atoms with Crippen LogP contribution in [0.1, 0.15) is 66.4 Å². The second-order valence-electron chi connectivity index (χ2n) is 13.1. The summed E-state index contributed by atoms with van der Waals surface area (Å²) in [4.78, 5) is 43.1. The van der Waals surface area contributed by atoms with Crippen LogP contribution in [0.25, 0.3) is 0 Å². The molecule has 0 bridgehead atoms. The number of rotatable bonds is 8. The molecule has 43 heavy (non-hydrogen) atoms. The summed E-state index contributed by atoms with van der Waals surface area (Å²) in [5.41, 5.74) is 4.09. The van der Waals surface area contributed by atoms with E-state index in [9.17, 15) is 34.8 Å². The van der Waals surface area contributed by atoms with E-state index in [1.165, 1.54) is 32.1 Å². The molecule has 1 aromatic carbocycles. The van der Waals surface area contributed by atoms with Gasteiger partial charge in [0.15, 0.2) is 11.4 Å². The van der Waals surface area contributed by atoms with E-state index in [2.05, 4.69) is 5.32 Å². The highest BCUT2D eigenvalue weighted by Gasteiger charge is 2.63. The number of anilines is 1. The van der Waals surface area contributed by atoms with Gasteiger partial charge in [-0.1, -0.05) is 32.1 Å². The number of aromatic hydroxyl groups is 1. The van der Waals surface area contributed by atoms with Crippen molar-refractivity contribution < 1.29 is 34.8 Å². The van der Waals surface area contributed by atoms with Gasteiger partial charge in [-0.2, -0.15) is 0 Å². The summed E-state index contributed by atoms with van der Waals surface area (Å²) in [6.07, 6.45) is 7.84. The van der Waals surface area contributed by atoms with Gasteiger partial charge in [0.05, 0.1) is 11.6 Å². The maximum Gasteiger partial charge on any atom is 0.255 e. The van der Waals surface area contributed by atoms with Crippen LogP contribution in [-0.4, -0.2) is 89.2 Å². The minimum atomic E-state index is -2.65. The number of hydrogen-bond donors (Lipinski definition) is 6. The van der Waals surface area contributed by atoms with E-state index in [-0.39, 0.29) is 29.7 Å². The zero-order valence-corrected chi connectivity index (χ0v) is 25.4. The topological polar surface area (TPSA) is 177 Å². The molecule has 4 atom stereocenters. The normalized spacial score (nSPS) is 27.7. The molecule has 11 heteroatoms. The molecule has 0 heterocycles. The van der Waals surface area contributed by atoms with Crippen molar-refractivity contribution >= 4 is 23.2 Å². The zero-order chi connectivity index (χ0) is 31.4. The zero-order valence-electron chi connectivity index (χ0n) is 25.4. The molecule has 0 aliphatic heterocycles. The second-order valence-corrected chi connectivity index (χ2v) is 13.1. The lowest BCUT2D eigenvalue weighted by Crippen LogP contribution is -2.63. The fourth-order valence-electron chi connectivity index (χ4n) is 8.07. The van der Waals surface area contributed by atoms with Gasteiger partial charge in [-0.3, -0.25) is 19.3 Å². The largest absolute Gasteiger partial charge is 0.510 e. The van der Waals surface area contributed by atoms with E-state index >= 15 is 0 Å². The maximum absolute atomic E-state index is 14.0. The van der Waals surface area contributed by atoms with E-state index in [1.807, 2.05) is 19.0 Å². The highest BCUT2D eigenvalue weighted by Crippen LogP contribution is 2.53. The van der Waals surface area contributed by atoms with Gasteiger partial charge in [0.2, 0.25) is 5.78 Å². The van der Waals surface area contributed by atoms with E-state index in [1.54, 1.807) is 25.1 Å². The first-order valence-corrected chi connectivity index (χ1v) is 15.2. The third kappa shape index (κ3) is 5.01. The molecule has 5 rings (SSSR count). The maximum atomic E-state index is 14.0. The summed E-state index contributed by atoms with van der Waals surface area (Å²) in [5, 5.41) is 48.9. The van der Waals surface area contributed by atoms with Crippen LogP contribution >= 0.6 is 0 Å². The van der Waals surface area contributed by atoms with Gasteiger partial charge in [0.25, 0.3) is 5.91 Å². The number of ketones is 2. The molecule has 1 aromatic rings. The van der Waals surface area contributed by atoms with Crippen LogP contribution in [0.15, 0.2) is 28.7 Å². The number of phenols is 1. The highest BCUT2D eigenvalue weighted by molar-refractivity contribution is 6.24. The first-order valence-electron chi connectivity index (χ1n) is 15.2. The van der Waals surface area contributed by atoms with E-state index in [4.69, 9.17) is 5.73 Å². The molecular weight excluding hydrogens is 552 g/mol. The average molecular weight is 597 g/mol. The van der Waals surface area contributed by atoms with Gasteiger partial charge in [-0.25, -0.2) is 0 Å². The Morgan fingerprint density at radius 2 is 1.77 bits per heavy atom. The number of primary amides is 1. The Bertz CT molecular complexity index is 1410. The Balaban J connectivity index is 1.53. The number of likely N-dealkylation sites (N-methyl/N-ethyl adjacent to an activating group) is 1. The summed E-state index contributed by atoms with van der Waals surface area (Å²) in [7, 11) is 6.98. The Morgan fingerprint density at radius 3 is 2.37 bits per heavy atom. The number of Topliss-reactive ketones (excluding diaryl/α,β-unsaturated/α-hetero) is 2. The molecule has 11 nitrogen and oxygen atoms in total. The van der Waals surface area contributed by atoms with Crippen LogP contribution in [0.5, 0.6) is 5.75 Å². The summed E-state index contributed by atoms with van der Waals surface area (Å²) in [6, 6.07) is 0.546. The Hall–Kier alpha value is -3.41. The Morgan fingerprint density at radius 1 is 1.09 bits per heavy atom. The van der Waals surface area contributed by atoms with Crippen molar-refractivity contribution in [3.05, 3.63) is 45.4 Å². The van der Waals surface area contributed by atoms with Gasteiger partial charge >= 0.3 is 0 Å². The van der Waals surface area contributed by atoms with Gasteiger partial charge in [0, 0.05) is 37.8 Å². The number of allylic oxidation sites excluding steroid dienone is 1. The standard InChI is InChI=1S/C32H44N4O7/c1-35(2)25-18(15-34-11-10-16-8-6-5-7-9-16)14-21(37)23-19(25)12-17-13-20-26(36(3)4)28(39)24(31(33)42)30(41)32(20,43)29(40)22(17)27(23)38/h14,16-17,20,26,34,37,39-40,43H,5-13,15H2,1-4H3,(H2,33,42)/t17-,20-,26-,32-/m0/s1. The molecule has 0 saturated heterocycles. The van der Waals surface area contributed by atoms with Crippen molar-refractivity contribution in [2.45, 2.75) is 69.6 Å². The quantitative estimate of drug-likeness (QED) is 0.193. The average Bonchev–Trinajstić information content (AvgIpc) is 2.93. The first kappa shape index (κ1) is 31.0. The Kier molecular flexibility index (Phi) is 8.36. The highest BCUT2D eigenvalue weighted by atomic mass is 16.3. The number of benzene rings is 1. The molecule has 1 saturated carbocycles. The fraction of sp³-hybridized carbons (Fsp3) is 0.594. The number of nitrogens with zero attached hydrogens (tertiary/aromatic N) is 2. The molecule has 4 aliphatic rings. The van der Waals surface area contributed by atoms with E-state index < -0.39 is 58.0 Å². The minimum Gasteiger partial charge on any atom is -0.510 e. The lowest BCUT2D eigenvalue weighted by molar-refractivity contribution is -0.148. The number of hydrogen-bond acceptors (Lipinski definition) is 10. The monoisotopic (exact) mass is 596 g/mol. The van der Waals surface area contributed by atoms with Crippen molar-refractivity contribution in [2.24, 2.45) is 23.5 Å². The SMILES string of the molecule is CN(C)c1c(CNCCC2CCCCC2)cc(O)c2c1C[C@H]1C[C@H]3[C@H](N(C)C)C(O)=C(C(N)=O)C(=O)[C@@]3(O)C(O)=C1C2=O. The summed E-state index contributed by atoms with van der Waals surface area (Å²) in [6.45, 7) is 1.35. The fourth-order valence-corrected chi connectivity index (χ4v) is 8.07. The van der Waals surface area contributed by atoms with Crippen molar-refractivity contribution in [1.29, 1.82) is 0 Å². The number of phenolic OH excluding ortho intramolecular Hbond substituents is 1. The van der Waals surface area contributed by atoms with E-state index in [0.717, 1.165) is 30.1 Å². The number of fused-ring (bicyclic) bond motifs is 3. The molecular formula is C32H44N4O7. The van der Waals surface area contributed by atoms with Crippen LogP contribution < -0.4 is 16.0 Å². The number of carbonyl (C=O) groups is 3. The van der Waals surface area contributed by atoms with Crippen molar-refractivity contribution in [1.82, 2.24) is 10.2 Å². The predicted molar refractivity (Wildman–Crippen MR) is 161 cm³/mol. The molecule has 234 valence electrons. The third-order valence-corrected chi connectivity index (χ3v) is 9.99.